The molecular weight excluding hydrogens is 175 g/mol. The monoisotopic (exact) mass is 183 g/mol. The SMILES string of the molecule is C=C(C#N)Nc1ccccc1.[K]. The summed E-state index contributed by atoms with van der Waals surface area (Å²) >= 11 is 0. The van der Waals surface area contributed by atoms with Gasteiger partial charge in [-0.2, -0.15) is 5.26 Å². The maximum atomic E-state index is 8.38. The Balaban J connectivity index is 0.00000121. The van der Waals surface area contributed by atoms with Crippen LogP contribution in [0.15, 0.2) is 42.6 Å². The molecule has 0 spiro atoms. The molecule has 0 saturated carbocycles. The van der Waals surface area contributed by atoms with Crippen molar-refractivity contribution in [3.8, 4) is 6.07 Å². The van der Waals surface area contributed by atoms with Crippen LogP contribution < -0.4 is 5.32 Å². The molecule has 2 nitrogen and oxygen atoms in total. The van der Waals surface area contributed by atoms with Gasteiger partial charge in [0.15, 0.2) is 0 Å². The first-order valence-electron chi connectivity index (χ1n) is 3.24. The van der Waals surface area contributed by atoms with Gasteiger partial charge in [0, 0.05) is 57.1 Å². The summed E-state index contributed by atoms with van der Waals surface area (Å²) < 4.78 is 0. The topological polar surface area (TPSA) is 35.8 Å². The summed E-state index contributed by atoms with van der Waals surface area (Å²) in [4.78, 5) is 0. The quantitative estimate of drug-likeness (QED) is 0.560. The molecule has 0 aliphatic carbocycles. The molecule has 0 unspecified atom stereocenters. The Hall–Kier alpha value is -0.114. The third kappa shape index (κ3) is 4.05. The molecule has 1 N–H and O–H groups in total. The van der Waals surface area contributed by atoms with Crippen molar-refractivity contribution in [2.24, 2.45) is 0 Å². The predicted octanol–water partition coefficient (Wildman–Crippen LogP) is 1.75. The Bertz CT molecular complexity index is 287. The van der Waals surface area contributed by atoms with Crippen LogP contribution in [0.1, 0.15) is 0 Å². The molecule has 0 fully saturated rings. The summed E-state index contributed by atoms with van der Waals surface area (Å²) in [5, 5.41) is 11.2. The predicted molar refractivity (Wildman–Crippen MR) is 50.6 cm³/mol. The van der Waals surface area contributed by atoms with Gasteiger partial charge < -0.3 is 5.32 Å². The van der Waals surface area contributed by atoms with E-state index in [4.69, 9.17) is 5.26 Å². The van der Waals surface area contributed by atoms with Gasteiger partial charge in [0.25, 0.3) is 0 Å². The Labute approximate surface area is 115 Å². The Kier molecular flexibility index (Phi) is 6.35. The molecule has 0 saturated heterocycles. The molecule has 1 radical (unpaired) electrons. The molecule has 1 aromatic rings. The molecule has 0 atom stereocenters. The fourth-order valence-electron chi connectivity index (χ4n) is 0.724. The molecular formula is C9H8KN2. The van der Waals surface area contributed by atoms with E-state index in [1.165, 1.54) is 0 Å². The molecule has 0 bridgehead atoms. The van der Waals surface area contributed by atoms with E-state index in [1.807, 2.05) is 36.4 Å². The fourth-order valence-corrected chi connectivity index (χ4v) is 0.724. The van der Waals surface area contributed by atoms with Crippen LogP contribution in [0.4, 0.5) is 5.69 Å². The first kappa shape index (κ1) is 11.9. The number of rotatable bonds is 2. The van der Waals surface area contributed by atoms with E-state index < -0.39 is 0 Å². The van der Waals surface area contributed by atoms with E-state index in [-0.39, 0.29) is 51.4 Å². The van der Waals surface area contributed by atoms with E-state index in [0.717, 1.165) is 5.69 Å². The second-order valence-electron chi connectivity index (χ2n) is 2.08. The van der Waals surface area contributed by atoms with Crippen molar-refractivity contribution in [2.75, 3.05) is 5.32 Å². The first-order chi connectivity index (χ1) is 5.33. The van der Waals surface area contributed by atoms with E-state index in [2.05, 4.69) is 11.9 Å². The smallest absolute Gasteiger partial charge is 0.117 e. The molecule has 0 aliphatic rings. The van der Waals surface area contributed by atoms with Gasteiger partial charge in [-0.05, 0) is 12.1 Å². The molecule has 0 aromatic heterocycles. The number of allylic oxidation sites excluding steroid dienone is 1. The third-order valence-corrected chi connectivity index (χ3v) is 1.20. The van der Waals surface area contributed by atoms with Gasteiger partial charge in [0.05, 0.1) is 0 Å². The molecule has 0 amide bonds. The molecule has 12 heavy (non-hydrogen) atoms. The number of hydrogen-bond donors (Lipinski definition) is 1. The number of para-hydroxylation sites is 1. The number of nitriles is 1. The van der Waals surface area contributed by atoms with Crippen LogP contribution in [-0.4, -0.2) is 51.4 Å². The van der Waals surface area contributed by atoms with Crippen LogP contribution >= 0.6 is 0 Å². The Morgan fingerprint density at radius 3 is 2.42 bits per heavy atom. The summed E-state index contributed by atoms with van der Waals surface area (Å²) in [5.41, 5.74) is 1.25. The van der Waals surface area contributed by atoms with Crippen molar-refractivity contribution < 1.29 is 0 Å². The maximum Gasteiger partial charge on any atom is 0.117 e. The van der Waals surface area contributed by atoms with Crippen LogP contribution in [0.5, 0.6) is 0 Å². The average Bonchev–Trinajstić information content (AvgIpc) is 2.06. The minimum atomic E-state index is 0. The van der Waals surface area contributed by atoms with E-state index in [1.54, 1.807) is 0 Å². The average molecular weight is 183 g/mol. The zero-order valence-corrected chi connectivity index (χ0v) is 10.2. The van der Waals surface area contributed by atoms with Crippen molar-refractivity contribution in [3.63, 3.8) is 0 Å². The second kappa shape index (κ2) is 6.41. The zero-order chi connectivity index (χ0) is 8.10. The fraction of sp³-hybridized carbons (Fsp3) is 0. The van der Waals surface area contributed by atoms with Crippen molar-refractivity contribution in [1.82, 2.24) is 0 Å². The maximum absolute atomic E-state index is 8.38. The van der Waals surface area contributed by atoms with Crippen LogP contribution in [0.25, 0.3) is 0 Å². The first-order valence-corrected chi connectivity index (χ1v) is 3.24. The standard InChI is InChI=1S/C9H8N2.K/c1-8(7-10)11-9-5-3-2-4-6-9;/h2-6,11H,1H2;. The molecule has 1 rings (SSSR count). The summed E-state index contributed by atoms with van der Waals surface area (Å²) in [7, 11) is 0. The number of hydrogen-bond acceptors (Lipinski definition) is 2. The van der Waals surface area contributed by atoms with Gasteiger partial charge in [0.1, 0.15) is 11.8 Å². The third-order valence-electron chi connectivity index (χ3n) is 1.20. The molecule has 3 heteroatoms. The minimum absolute atomic E-state index is 0. The summed E-state index contributed by atoms with van der Waals surface area (Å²) in [6.07, 6.45) is 0. The summed E-state index contributed by atoms with van der Waals surface area (Å²) in [6, 6.07) is 11.4. The summed E-state index contributed by atoms with van der Waals surface area (Å²) in [5.74, 6) is 0. The van der Waals surface area contributed by atoms with Crippen molar-refractivity contribution in [3.05, 3.63) is 42.6 Å². The minimum Gasteiger partial charge on any atom is -0.347 e. The van der Waals surface area contributed by atoms with E-state index in [0.29, 0.717) is 5.70 Å². The summed E-state index contributed by atoms with van der Waals surface area (Å²) in [6.45, 7) is 3.50. The van der Waals surface area contributed by atoms with Crippen molar-refractivity contribution in [1.29, 1.82) is 5.26 Å². The van der Waals surface area contributed by atoms with Crippen LogP contribution in [0.3, 0.4) is 0 Å². The normalized spacial score (nSPS) is 7.58. The van der Waals surface area contributed by atoms with Gasteiger partial charge in [-0.25, -0.2) is 0 Å². The van der Waals surface area contributed by atoms with Gasteiger partial charge in [-0.3, -0.25) is 0 Å². The van der Waals surface area contributed by atoms with Gasteiger partial charge >= 0.3 is 0 Å². The number of anilines is 1. The van der Waals surface area contributed by atoms with Gasteiger partial charge in [-0.1, -0.05) is 24.8 Å². The largest absolute Gasteiger partial charge is 0.347 e. The Morgan fingerprint density at radius 1 is 1.33 bits per heavy atom. The van der Waals surface area contributed by atoms with Gasteiger partial charge in [0.2, 0.25) is 0 Å². The molecule has 55 valence electrons. The van der Waals surface area contributed by atoms with E-state index in [9.17, 15) is 0 Å². The van der Waals surface area contributed by atoms with Gasteiger partial charge in [-0.15, -0.1) is 0 Å². The zero-order valence-electron chi connectivity index (χ0n) is 7.04. The second-order valence-corrected chi connectivity index (χ2v) is 2.08. The molecule has 1 aromatic carbocycles. The molecule has 0 heterocycles. The van der Waals surface area contributed by atoms with Crippen LogP contribution in [0, 0.1) is 11.3 Å². The van der Waals surface area contributed by atoms with Crippen LogP contribution in [-0.2, 0) is 0 Å². The van der Waals surface area contributed by atoms with E-state index >= 15 is 0 Å². The van der Waals surface area contributed by atoms with Crippen molar-refractivity contribution >= 4 is 57.1 Å². The number of nitrogens with zero attached hydrogens (tertiary/aromatic N) is 1. The number of nitrogens with one attached hydrogen (secondary N) is 1. The van der Waals surface area contributed by atoms with Crippen LogP contribution in [0.2, 0.25) is 0 Å². The van der Waals surface area contributed by atoms with Crippen molar-refractivity contribution in [2.45, 2.75) is 0 Å². The Morgan fingerprint density at radius 2 is 1.92 bits per heavy atom. The molecule has 0 aliphatic heterocycles. The number of benzene rings is 1.